The molecule has 1 fully saturated rings. The van der Waals surface area contributed by atoms with E-state index < -0.39 is 0 Å². The predicted molar refractivity (Wildman–Crippen MR) is 80.2 cm³/mol. The van der Waals surface area contributed by atoms with Gasteiger partial charge in [-0.3, -0.25) is 4.79 Å². The SMILES string of the molecule is Cc1cc(=O)n2nc(NCCCOC3CCOC3)sc2n1. The molecule has 21 heavy (non-hydrogen) atoms. The summed E-state index contributed by atoms with van der Waals surface area (Å²) in [5.41, 5.74) is 0.564. The van der Waals surface area contributed by atoms with Crippen LogP contribution in [-0.2, 0) is 9.47 Å². The van der Waals surface area contributed by atoms with Gasteiger partial charge in [-0.1, -0.05) is 11.3 Å². The van der Waals surface area contributed by atoms with Crippen LogP contribution in [0.1, 0.15) is 18.5 Å². The van der Waals surface area contributed by atoms with Crippen LogP contribution >= 0.6 is 11.3 Å². The van der Waals surface area contributed by atoms with Crippen molar-refractivity contribution < 1.29 is 9.47 Å². The van der Waals surface area contributed by atoms with Gasteiger partial charge in [0.1, 0.15) is 0 Å². The molecule has 0 aliphatic carbocycles. The fourth-order valence-corrected chi connectivity index (χ4v) is 3.03. The van der Waals surface area contributed by atoms with Crippen LogP contribution in [0.4, 0.5) is 5.13 Å². The first-order chi connectivity index (χ1) is 10.2. The van der Waals surface area contributed by atoms with E-state index in [0.717, 1.165) is 26.0 Å². The first-order valence-corrected chi connectivity index (χ1v) is 7.85. The van der Waals surface area contributed by atoms with Crippen LogP contribution in [-0.4, -0.2) is 47.1 Å². The summed E-state index contributed by atoms with van der Waals surface area (Å²) >= 11 is 1.38. The Morgan fingerprint density at radius 2 is 2.52 bits per heavy atom. The van der Waals surface area contributed by atoms with E-state index in [0.29, 0.717) is 29.0 Å². The number of aromatic nitrogens is 3. The van der Waals surface area contributed by atoms with Gasteiger partial charge in [0.15, 0.2) is 0 Å². The number of anilines is 1. The van der Waals surface area contributed by atoms with E-state index in [4.69, 9.17) is 9.47 Å². The second-order valence-electron chi connectivity index (χ2n) is 4.97. The molecule has 114 valence electrons. The zero-order chi connectivity index (χ0) is 14.7. The highest BCUT2D eigenvalue weighted by Crippen LogP contribution is 2.16. The van der Waals surface area contributed by atoms with Crippen molar-refractivity contribution in [2.24, 2.45) is 0 Å². The molecule has 7 nitrogen and oxygen atoms in total. The molecule has 1 aliphatic rings. The maximum atomic E-state index is 11.7. The fourth-order valence-electron chi connectivity index (χ4n) is 2.15. The maximum Gasteiger partial charge on any atom is 0.275 e. The van der Waals surface area contributed by atoms with Gasteiger partial charge < -0.3 is 14.8 Å². The Morgan fingerprint density at radius 3 is 3.33 bits per heavy atom. The second-order valence-corrected chi connectivity index (χ2v) is 5.93. The van der Waals surface area contributed by atoms with Gasteiger partial charge >= 0.3 is 0 Å². The Morgan fingerprint density at radius 1 is 1.62 bits per heavy atom. The second kappa shape index (κ2) is 6.50. The normalized spacial score (nSPS) is 18.4. The van der Waals surface area contributed by atoms with Crippen LogP contribution in [0.3, 0.4) is 0 Å². The Bertz CT molecular complexity index is 663. The molecule has 1 aliphatic heterocycles. The number of nitrogens with zero attached hydrogens (tertiary/aromatic N) is 3. The van der Waals surface area contributed by atoms with Gasteiger partial charge in [-0.2, -0.15) is 4.52 Å². The predicted octanol–water partition coefficient (Wildman–Crippen LogP) is 1.07. The minimum atomic E-state index is -0.147. The lowest BCUT2D eigenvalue weighted by atomic mass is 10.3. The van der Waals surface area contributed by atoms with Crippen molar-refractivity contribution in [3.63, 3.8) is 0 Å². The average molecular weight is 310 g/mol. The quantitative estimate of drug-likeness (QED) is 0.804. The third kappa shape index (κ3) is 3.58. The zero-order valence-electron chi connectivity index (χ0n) is 11.9. The molecule has 1 N–H and O–H groups in total. The van der Waals surface area contributed by atoms with E-state index in [2.05, 4.69) is 15.4 Å². The summed E-state index contributed by atoms with van der Waals surface area (Å²) < 4.78 is 12.3. The molecule has 0 bridgehead atoms. The highest BCUT2D eigenvalue weighted by atomic mass is 32.1. The molecule has 8 heteroatoms. The summed E-state index contributed by atoms with van der Waals surface area (Å²) in [6.07, 6.45) is 2.12. The molecule has 2 aromatic rings. The molecule has 0 saturated carbocycles. The standard InChI is InChI=1S/C13H18N4O3S/c1-9-7-11(18)17-13(15-9)21-12(16-17)14-4-2-5-20-10-3-6-19-8-10/h7,10H,2-6,8H2,1H3,(H,14,16). The van der Waals surface area contributed by atoms with Crippen LogP contribution in [0.25, 0.3) is 4.96 Å². The lowest BCUT2D eigenvalue weighted by Crippen LogP contribution is -2.16. The Kier molecular flexibility index (Phi) is 4.47. The van der Waals surface area contributed by atoms with Crippen LogP contribution in [0, 0.1) is 6.92 Å². The lowest BCUT2D eigenvalue weighted by molar-refractivity contribution is 0.0427. The monoisotopic (exact) mass is 310 g/mol. The Labute approximate surface area is 125 Å². The van der Waals surface area contributed by atoms with Crippen molar-refractivity contribution in [1.82, 2.24) is 14.6 Å². The van der Waals surface area contributed by atoms with Crippen molar-refractivity contribution in [2.45, 2.75) is 25.9 Å². The third-order valence-corrected chi connectivity index (χ3v) is 4.08. The number of fused-ring (bicyclic) bond motifs is 1. The van der Waals surface area contributed by atoms with Crippen LogP contribution in [0.2, 0.25) is 0 Å². The van der Waals surface area contributed by atoms with Gasteiger partial charge in [0.05, 0.1) is 12.7 Å². The minimum Gasteiger partial charge on any atom is -0.379 e. The van der Waals surface area contributed by atoms with E-state index in [1.807, 2.05) is 0 Å². The van der Waals surface area contributed by atoms with Crippen molar-refractivity contribution >= 4 is 21.4 Å². The first kappa shape index (κ1) is 14.4. The number of nitrogens with one attached hydrogen (secondary N) is 1. The molecule has 0 aromatic carbocycles. The summed E-state index contributed by atoms with van der Waals surface area (Å²) in [4.78, 5) is 16.7. The van der Waals surface area contributed by atoms with Gasteiger partial charge in [-0.05, 0) is 19.8 Å². The van der Waals surface area contributed by atoms with Crippen LogP contribution < -0.4 is 10.9 Å². The molecule has 3 heterocycles. The molecule has 0 radical (unpaired) electrons. The molecule has 0 spiro atoms. The van der Waals surface area contributed by atoms with Crippen molar-refractivity contribution in [3.8, 4) is 0 Å². The van der Waals surface area contributed by atoms with Gasteiger partial charge in [-0.15, -0.1) is 5.10 Å². The van der Waals surface area contributed by atoms with Crippen molar-refractivity contribution in [2.75, 3.05) is 31.7 Å². The van der Waals surface area contributed by atoms with E-state index in [1.165, 1.54) is 21.9 Å². The van der Waals surface area contributed by atoms with Gasteiger partial charge in [0, 0.05) is 31.5 Å². The largest absolute Gasteiger partial charge is 0.379 e. The van der Waals surface area contributed by atoms with Crippen LogP contribution in [0.5, 0.6) is 0 Å². The highest BCUT2D eigenvalue weighted by Gasteiger charge is 2.15. The molecular formula is C13H18N4O3S. The van der Waals surface area contributed by atoms with Crippen molar-refractivity contribution in [1.29, 1.82) is 0 Å². The average Bonchev–Trinajstić information content (AvgIpc) is 3.07. The molecule has 1 atom stereocenters. The summed E-state index contributed by atoms with van der Waals surface area (Å²) in [5.74, 6) is 0. The smallest absolute Gasteiger partial charge is 0.275 e. The number of hydrogen-bond donors (Lipinski definition) is 1. The van der Waals surface area contributed by atoms with Gasteiger partial charge in [0.25, 0.3) is 5.56 Å². The van der Waals surface area contributed by atoms with E-state index >= 15 is 0 Å². The minimum absolute atomic E-state index is 0.147. The topological polar surface area (TPSA) is 77.8 Å². The number of rotatable bonds is 6. The third-order valence-electron chi connectivity index (χ3n) is 3.21. The first-order valence-electron chi connectivity index (χ1n) is 7.03. The molecule has 1 saturated heterocycles. The van der Waals surface area contributed by atoms with E-state index in [1.54, 1.807) is 6.92 Å². The Hall–Kier alpha value is -1.51. The molecular weight excluding hydrogens is 292 g/mol. The summed E-state index contributed by atoms with van der Waals surface area (Å²) in [6, 6.07) is 1.48. The molecule has 2 aromatic heterocycles. The van der Waals surface area contributed by atoms with Gasteiger partial charge in [-0.25, -0.2) is 4.98 Å². The van der Waals surface area contributed by atoms with E-state index in [-0.39, 0.29) is 11.7 Å². The number of hydrogen-bond acceptors (Lipinski definition) is 7. The maximum absolute atomic E-state index is 11.7. The summed E-state index contributed by atoms with van der Waals surface area (Å²) in [6.45, 7) is 4.76. The zero-order valence-corrected chi connectivity index (χ0v) is 12.7. The molecule has 3 rings (SSSR count). The number of aryl methyl sites for hydroxylation is 1. The molecule has 0 amide bonds. The van der Waals surface area contributed by atoms with Gasteiger partial charge in [0.2, 0.25) is 10.1 Å². The van der Waals surface area contributed by atoms with Crippen LogP contribution in [0.15, 0.2) is 10.9 Å². The highest BCUT2D eigenvalue weighted by molar-refractivity contribution is 7.20. The number of ether oxygens (including phenoxy) is 2. The Balaban J connectivity index is 1.49. The summed E-state index contributed by atoms with van der Waals surface area (Å²) in [5, 5.41) is 8.12. The van der Waals surface area contributed by atoms with E-state index in [9.17, 15) is 4.79 Å². The lowest BCUT2D eigenvalue weighted by Gasteiger charge is -2.09. The summed E-state index contributed by atoms with van der Waals surface area (Å²) in [7, 11) is 0. The fraction of sp³-hybridized carbons (Fsp3) is 0.615. The molecule has 1 unspecified atom stereocenters. The van der Waals surface area contributed by atoms with Crippen molar-refractivity contribution in [3.05, 3.63) is 22.1 Å².